The Morgan fingerprint density at radius 3 is 2.12 bits per heavy atom. The van der Waals surface area contributed by atoms with Gasteiger partial charge >= 0.3 is 0 Å². The first-order chi connectivity index (χ1) is 11.5. The van der Waals surface area contributed by atoms with Gasteiger partial charge in [-0.2, -0.15) is 0 Å². The molecule has 0 spiro atoms. The van der Waals surface area contributed by atoms with Crippen LogP contribution in [0.4, 0.5) is 0 Å². The zero-order valence-corrected chi connectivity index (χ0v) is 17.3. The third-order valence-electron chi connectivity index (χ3n) is 5.87. The van der Waals surface area contributed by atoms with Gasteiger partial charge in [-0.05, 0) is 70.6 Å². The highest BCUT2D eigenvalue weighted by molar-refractivity contribution is 5.80. The first-order valence-corrected chi connectivity index (χ1v) is 10.2. The lowest BCUT2D eigenvalue weighted by Crippen LogP contribution is -2.47. The SMILES string of the molecule is CC(C)(C)NCCO[C@H]1C[C@@H](C(=O)NC2CCC(C(C)(C)C)CC2)C1. The molecule has 146 valence electrons. The Labute approximate surface area is 154 Å². The Bertz CT molecular complexity index is 422. The number of carbonyl (C=O) groups excluding carboxylic acids is 1. The number of ether oxygens (including phenoxy) is 1. The fourth-order valence-electron chi connectivity index (χ4n) is 3.99. The van der Waals surface area contributed by atoms with Crippen LogP contribution in [0.2, 0.25) is 0 Å². The lowest BCUT2D eigenvalue weighted by molar-refractivity contribution is -0.134. The van der Waals surface area contributed by atoms with Crippen molar-refractivity contribution >= 4 is 5.91 Å². The minimum atomic E-state index is 0.136. The minimum Gasteiger partial charge on any atom is -0.377 e. The predicted octanol–water partition coefficient (Wildman–Crippen LogP) is 3.89. The highest BCUT2D eigenvalue weighted by Gasteiger charge is 2.37. The van der Waals surface area contributed by atoms with E-state index < -0.39 is 0 Å². The van der Waals surface area contributed by atoms with E-state index in [0.717, 1.165) is 44.8 Å². The molecule has 0 aliphatic heterocycles. The van der Waals surface area contributed by atoms with E-state index in [1.165, 1.54) is 12.8 Å². The summed E-state index contributed by atoms with van der Waals surface area (Å²) in [7, 11) is 0. The van der Waals surface area contributed by atoms with Gasteiger partial charge in [0, 0.05) is 24.0 Å². The predicted molar refractivity (Wildman–Crippen MR) is 104 cm³/mol. The van der Waals surface area contributed by atoms with E-state index in [1.54, 1.807) is 0 Å². The van der Waals surface area contributed by atoms with Crippen molar-refractivity contribution in [2.24, 2.45) is 17.3 Å². The second-order valence-corrected chi connectivity index (χ2v) is 10.3. The Balaban J connectivity index is 1.57. The molecule has 0 aromatic heterocycles. The van der Waals surface area contributed by atoms with Gasteiger partial charge in [0.05, 0.1) is 12.7 Å². The van der Waals surface area contributed by atoms with Crippen molar-refractivity contribution < 1.29 is 9.53 Å². The molecule has 0 saturated heterocycles. The van der Waals surface area contributed by atoms with Crippen LogP contribution in [0.1, 0.15) is 80.1 Å². The summed E-state index contributed by atoms with van der Waals surface area (Å²) in [6, 6.07) is 0.391. The van der Waals surface area contributed by atoms with E-state index in [0.29, 0.717) is 11.5 Å². The first kappa shape index (κ1) is 20.7. The van der Waals surface area contributed by atoms with Crippen LogP contribution >= 0.6 is 0 Å². The highest BCUT2D eigenvalue weighted by Crippen LogP contribution is 2.38. The van der Waals surface area contributed by atoms with Crippen molar-refractivity contribution in [2.75, 3.05) is 13.2 Å². The fraction of sp³-hybridized carbons (Fsp3) is 0.952. The molecule has 0 bridgehead atoms. The first-order valence-electron chi connectivity index (χ1n) is 10.2. The molecule has 2 aliphatic carbocycles. The van der Waals surface area contributed by atoms with Crippen molar-refractivity contribution in [3.05, 3.63) is 0 Å². The highest BCUT2D eigenvalue weighted by atomic mass is 16.5. The number of rotatable bonds is 6. The third kappa shape index (κ3) is 6.90. The summed E-state index contributed by atoms with van der Waals surface area (Å²) in [5.74, 6) is 1.22. The van der Waals surface area contributed by atoms with Crippen molar-refractivity contribution in [1.82, 2.24) is 10.6 Å². The molecule has 2 fully saturated rings. The smallest absolute Gasteiger partial charge is 0.223 e. The summed E-state index contributed by atoms with van der Waals surface area (Å²) < 4.78 is 5.85. The minimum absolute atomic E-state index is 0.136. The summed E-state index contributed by atoms with van der Waals surface area (Å²) in [4.78, 5) is 12.4. The zero-order chi connectivity index (χ0) is 18.7. The van der Waals surface area contributed by atoms with Crippen molar-refractivity contribution in [3.63, 3.8) is 0 Å². The van der Waals surface area contributed by atoms with E-state index in [2.05, 4.69) is 52.2 Å². The monoisotopic (exact) mass is 352 g/mol. The van der Waals surface area contributed by atoms with Crippen LogP contribution in [-0.2, 0) is 9.53 Å². The van der Waals surface area contributed by atoms with Gasteiger partial charge in [0.2, 0.25) is 5.91 Å². The molecule has 0 unspecified atom stereocenters. The van der Waals surface area contributed by atoms with Crippen LogP contribution in [0.15, 0.2) is 0 Å². The van der Waals surface area contributed by atoms with Crippen LogP contribution in [0.25, 0.3) is 0 Å². The van der Waals surface area contributed by atoms with Crippen molar-refractivity contribution in [2.45, 2.75) is 97.8 Å². The molecule has 2 saturated carbocycles. The lowest BCUT2D eigenvalue weighted by atomic mass is 9.71. The molecular formula is C21H40N2O2. The summed E-state index contributed by atoms with van der Waals surface area (Å²) in [5.41, 5.74) is 0.534. The van der Waals surface area contributed by atoms with Gasteiger partial charge in [-0.25, -0.2) is 0 Å². The maximum absolute atomic E-state index is 12.4. The summed E-state index contributed by atoms with van der Waals surface area (Å²) in [6.07, 6.45) is 6.81. The second kappa shape index (κ2) is 8.39. The number of nitrogens with one attached hydrogen (secondary N) is 2. The molecule has 25 heavy (non-hydrogen) atoms. The molecule has 0 radical (unpaired) electrons. The van der Waals surface area contributed by atoms with Crippen LogP contribution in [-0.4, -0.2) is 36.7 Å². The molecule has 4 heteroatoms. The standard InChI is InChI=1S/C21H40N2O2/c1-20(2,3)16-7-9-17(10-8-16)23-19(24)15-13-18(14-15)25-12-11-22-21(4,5)6/h15-18,22H,7-14H2,1-6H3,(H,23,24)/t15-,16?,17?,18+. The Morgan fingerprint density at radius 1 is 1.00 bits per heavy atom. The Hall–Kier alpha value is -0.610. The molecule has 2 N–H and O–H groups in total. The van der Waals surface area contributed by atoms with Gasteiger partial charge in [-0.3, -0.25) is 4.79 Å². The largest absolute Gasteiger partial charge is 0.377 e. The molecule has 2 aliphatic rings. The van der Waals surface area contributed by atoms with Crippen LogP contribution in [0.3, 0.4) is 0 Å². The second-order valence-electron chi connectivity index (χ2n) is 10.3. The quantitative estimate of drug-likeness (QED) is 0.713. The summed E-state index contributed by atoms with van der Waals surface area (Å²) in [6.45, 7) is 15.1. The zero-order valence-electron chi connectivity index (χ0n) is 17.3. The number of amides is 1. The molecule has 0 aromatic carbocycles. The van der Waals surface area contributed by atoms with Gasteiger partial charge in [-0.15, -0.1) is 0 Å². The maximum Gasteiger partial charge on any atom is 0.223 e. The van der Waals surface area contributed by atoms with E-state index in [-0.39, 0.29) is 23.5 Å². The van der Waals surface area contributed by atoms with E-state index in [9.17, 15) is 4.79 Å². The number of hydrogen-bond donors (Lipinski definition) is 2. The van der Waals surface area contributed by atoms with Crippen molar-refractivity contribution in [1.29, 1.82) is 0 Å². The van der Waals surface area contributed by atoms with Gasteiger partial charge in [0.15, 0.2) is 0 Å². The van der Waals surface area contributed by atoms with Crippen LogP contribution in [0, 0.1) is 17.3 Å². The Kier molecular flexibility index (Phi) is 6.94. The van der Waals surface area contributed by atoms with Gasteiger partial charge in [0.25, 0.3) is 0 Å². The molecule has 1 amide bonds. The fourth-order valence-corrected chi connectivity index (χ4v) is 3.99. The molecule has 4 nitrogen and oxygen atoms in total. The molecule has 0 atom stereocenters. The van der Waals surface area contributed by atoms with Crippen LogP contribution < -0.4 is 10.6 Å². The molecular weight excluding hydrogens is 312 g/mol. The van der Waals surface area contributed by atoms with Crippen molar-refractivity contribution in [3.8, 4) is 0 Å². The summed E-state index contributed by atoms with van der Waals surface area (Å²) in [5, 5.41) is 6.72. The topological polar surface area (TPSA) is 50.4 Å². The molecule has 2 rings (SSSR count). The van der Waals surface area contributed by atoms with E-state index >= 15 is 0 Å². The summed E-state index contributed by atoms with van der Waals surface area (Å²) >= 11 is 0. The average molecular weight is 353 g/mol. The van der Waals surface area contributed by atoms with Gasteiger partial charge < -0.3 is 15.4 Å². The third-order valence-corrected chi connectivity index (χ3v) is 5.87. The van der Waals surface area contributed by atoms with Gasteiger partial charge in [0.1, 0.15) is 0 Å². The molecule has 0 heterocycles. The number of hydrogen-bond acceptors (Lipinski definition) is 3. The number of carbonyl (C=O) groups is 1. The van der Waals surface area contributed by atoms with E-state index in [4.69, 9.17) is 4.74 Å². The Morgan fingerprint density at radius 2 is 1.60 bits per heavy atom. The van der Waals surface area contributed by atoms with E-state index in [1.807, 2.05) is 0 Å². The maximum atomic E-state index is 12.4. The van der Waals surface area contributed by atoms with Crippen LogP contribution in [0.5, 0.6) is 0 Å². The average Bonchev–Trinajstić information content (AvgIpc) is 2.43. The normalized spacial score (nSPS) is 30.6. The van der Waals surface area contributed by atoms with Gasteiger partial charge in [-0.1, -0.05) is 20.8 Å². The lowest BCUT2D eigenvalue weighted by Gasteiger charge is -2.39. The molecule has 0 aromatic rings.